The van der Waals surface area contributed by atoms with E-state index >= 15 is 0 Å². The Balaban J connectivity index is 1.42. The van der Waals surface area contributed by atoms with E-state index in [0.717, 1.165) is 36.2 Å². The maximum atomic E-state index is 12.7. The van der Waals surface area contributed by atoms with E-state index in [1.54, 1.807) is 0 Å². The number of carbonyl (C=O) groups excluding carboxylic acids is 1. The van der Waals surface area contributed by atoms with Gasteiger partial charge in [-0.3, -0.25) is 9.69 Å². The van der Waals surface area contributed by atoms with Gasteiger partial charge in [-0.25, -0.2) is 0 Å². The van der Waals surface area contributed by atoms with Crippen LogP contribution in [-0.2, 0) is 17.9 Å². The summed E-state index contributed by atoms with van der Waals surface area (Å²) in [5, 5.41) is 12.9. The summed E-state index contributed by atoms with van der Waals surface area (Å²) in [6.45, 7) is 9.96. The molecule has 1 N–H and O–H groups in total. The first-order valence-electron chi connectivity index (χ1n) is 11.7. The maximum Gasteiger partial charge on any atom is 0.230 e. The predicted molar refractivity (Wildman–Crippen MR) is 133 cm³/mol. The summed E-state index contributed by atoms with van der Waals surface area (Å²) in [4.78, 5) is 15.1. The van der Waals surface area contributed by atoms with Crippen LogP contribution in [0.1, 0.15) is 53.9 Å². The smallest absolute Gasteiger partial charge is 0.230 e. The van der Waals surface area contributed by atoms with Gasteiger partial charge in [0.2, 0.25) is 5.91 Å². The number of aromatic nitrogens is 3. The van der Waals surface area contributed by atoms with Crippen molar-refractivity contribution < 1.29 is 4.79 Å². The fourth-order valence-electron chi connectivity index (χ4n) is 4.14. The summed E-state index contributed by atoms with van der Waals surface area (Å²) in [5.41, 5.74) is 4.82. The van der Waals surface area contributed by atoms with Crippen molar-refractivity contribution in [1.29, 1.82) is 0 Å². The van der Waals surface area contributed by atoms with Crippen LogP contribution < -0.4 is 5.32 Å². The van der Waals surface area contributed by atoms with Crippen LogP contribution in [0, 0.1) is 13.8 Å². The van der Waals surface area contributed by atoms with E-state index in [9.17, 15) is 4.79 Å². The van der Waals surface area contributed by atoms with Gasteiger partial charge in [-0.05, 0) is 69.0 Å². The lowest BCUT2D eigenvalue weighted by atomic mass is 10.0. The first-order valence-corrected chi connectivity index (χ1v) is 12.7. The summed E-state index contributed by atoms with van der Waals surface area (Å²) < 4.78 is 2.17. The van der Waals surface area contributed by atoms with E-state index in [-0.39, 0.29) is 11.9 Å². The number of likely N-dealkylation sites (tertiary alicyclic amines) is 1. The molecule has 0 saturated carbocycles. The lowest BCUT2D eigenvalue weighted by Gasteiger charge is -2.17. The number of hydrogen-bond acceptors (Lipinski definition) is 5. The van der Waals surface area contributed by atoms with Gasteiger partial charge in [0.1, 0.15) is 5.82 Å². The Kier molecular flexibility index (Phi) is 7.83. The highest BCUT2D eigenvalue weighted by Gasteiger charge is 2.20. The number of thioether (sulfide) groups is 1. The van der Waals surface area contributed by atoms with Gasteiger partial charge in [0.15, 0.2) is 5.16 Å². The molecule has 1 aliphatic heterocycles. The third kappa shape index (κ3) is 6.24. The minimum atomic E-state index is -0.0367. The van der Waals surface area contributed by atoms with E-state index in [1.807, 2.05) is 25.1 Å². The highest BCUT2D eigenvalue weighted by molar-refractivity contribution is 7.99. The SMILES string of the molecule is Cc1ccc(C(C)NC(=O)CSc2nnc(CN3CCCC3)n2Cc2ccccc2)cc1C. The molecule has 1 saturated heterocycles. The van der Waals surface area contributed by atoms with E-state index in [0.29, 0.717) is 12.3 Å². The summed E-state index contributed by atoms with van der Waals surface area (Å²) in [6.07, 6.45) is 2.49. The Labute approximate surface area is 200 Å². The molecule has 2 aromatic carbocycles. The minimum Gasteiger partial charge on any atom is -0.349 e. The lowest BCUT2D eigenvalue weighted by molar-refractivity contribution is -0.119. The van der Waals surface area contributed by atoms with Crippen molar-refractivity contribution in [3.8, 4) is 0 Å². The molecule has 3 aromatic rings. The van der Waals surface area contributed by atoms with E-state index in [4.69, 9.17) is 0 Å². The Morgan fingerprint density at radius 1 is 1.03 bits per heavy atom. The molecule has 4 rings (SSSR count). The van der Waals surface area contributed by atoms with Gasteiger partial charge >= 0.3 is 0 Å². The minimum absolute atomic E-state index is 0.00100. The summed E-state index contributed by atoms with van der Waals surface area (Å²) in [6, 6.07) is 16.7. The van der Waals surface area contributed by atoms with Gasteiger partial charge in [0, 0.05) is 0 Å². The monoisotopic (exact) mass is 463 g/mol. The van der Waals surface area contributed by atoms with E-state index in [2.05, 4.69) is 69.2 Å². The van der Waals surface area contributed by atoms with Crippen molar-refractivity contribution >= 4 is 17.7 Å². The fourth-order valence-corrected chi connectivity index (χ4v) is 4.91. The van der Waals surface area contributed by atoms with Crippen molar-refractivity contribution in [3.63, 3.8) is 0 Å². The normalized spacial score (nSPS) is 15.0. The van der Waals surface area contributed by atoms with Gasteiger partial charge in [0.05, 0.1) is 24.9 Å². The first kappa shape index (κ1) is 23.5. The van der Waals surface area contributed by atoms with Crippen LogP contribution in [0.15, 0.2) is 53.7 Å². The maximum absolute atomic E-state index is 12.7. The van der Waals surface area contributed by atoms with Gasteiger partial charge in [-0.2, -0.15) is 0 Å². The molecule has 0 aliphatic carbocycles. The molecule has 0 spiro atoms. The van der Waals surface area contributed by atoms with Gasteiger partial charge in [0.25, 0.3) is 0 Å². The second-order valence-electron chi connectivity index (χ2n) is 8.88. The van der Waals surface area contributed by atoms with Crippen molar-refractivity contribution in [1.82, 2.24) is 25.0 Å². The third-order valence-electron chi connectivity index (χ3n) is 6.28. The summed E-state index contributed by atoms with van der Waals surface area (Å²) in [5.74, 6) is 1.28. The molecular weight excluding hydrogens is 430 g/mol. The van der Waals surface area contributed by atoms with Crippen molar-refractivity contribution in [3.05, 3.63) is 76.6 Å². The number of aryl methyl sites for hydroxylation is 2. The Hall–Kier alpha value is -2.64. The average molecular weight is 464 g/mol. The van der Waals surface area contributed by atoms with Crippen LogP contribution in [0.2, 0.25) is 0 Å². The van der Waals surface area contributed by atoms with Crippen molar-refractivity contribution in [2.24, 2.45) is 0 Å². The standard InChI is InChI=1S/C26H33N5OS/c1-19-11-12-23(15-20(19)2)21(3)27-25(32)18-33-26-29-28-24(17-30-13-7-8-14-30)31(26)16-22-9-5-4-6-10-22/h4-6,9-12,15,21H,7-8,13-14,16-18H2,1-3H3,(H,27,32). The third-order valence-corrected chi connectivity index (χ3v) is 7.25. The van der Waals surface area contributed by atoms with Crippen LogP contribution >= 0.6 is 11.8 Å². The van der Waals surface area contributed by atoms with Crippen LogP contribution in [-0.4, -0.2) is 44.4 Å². The molecule has 7 heteroatoms. The first-order chi connectivity index (χ1) is 16.0. The fraction of sp³-hybridized carbons (Fsp3) is 0.423. The van der Waals surface area contributed by atoms with Crippen LogP contribution in [0.5, 0.6) is 0 Å². The molecule has 1 aromatic heterocycles. The highest BCUT2D eigenvalue weighted by atomic mass is 32.2. The van der Waals surface area contributed by atoms with Crippen molar-refractivity contribution in [2.75, 3.05) is 18.8 Å². The van der Waals surface area contributed by atoms with Gasteiger partial charge in [-0.1, -0.05) is 60.3 Å². The van der Waals surface area contributed by atoms with Crippen LogP contribution in [0.3, 0.4) is 0 Å². The predicted octanol–water partition coefficient (Wildman–Crippen LogP) is 4.51. The van der Waals surface area contributed by atoms with Crippen molar-refractivity contribution in [2.45, 2.75) is 57.9 Å². The number of rotatable bonds is 9. The van der Waals surface area contributed by atoms with Gasteiger partial charge in [-0.15, -0.1) is 10.2 Å². The zero-order valence-electron chi connectivity index (χ0n) is 19.8. The zero-order valence-corrected chi connectivity index (χ0v) is 20.6. The average Bonchev–Trinajstić information content (AvgIpc) is 3.46. The molecule has 1 amide bonds. The number of nitrogens with zero attached hydrogens (tertiary/aromatic N) is 4. The number of carbonyl (C=O) groups is 1. The molecule has 0 radical (unpaired) electrons. The Morgan fingerprint density at radius 2 is 1.79 bits per heavy atom. The Morgan fingerprint density at radius 3 is 2.52 bits per heavy atom. The molecule has 0 bridgehead atoms. The Bertz CT molecular complexity index is 1080. The number of nitrogens with one attached hydrogen (secondary N) is 1. The molecule has 1 unspecified atom stereocenters. The second kappa shape index (κ2) is 11.0. The highest BCUT2D eigenvalue weighted by Crippen LogP contribution is 2.22. The number of hydrogen-bond donors (Lipinski definition) is 1. The number of benzene rings is 2. The van der Waals surface area contributed by atoms with Crippen LogP contribution in [0.4, 0.5) is 0 Å². The number of amides is 1. The zero-order chi connectivity index (χ0) is 23.2. The van der Waals surface area contributed by atoms with E-state index < -0.39 is 0 Å². The molecule has 33 heavy (non-hydrogen) atoms. The second-order valence-corrected chi connectivity index (χ2v) is 9.82. The summed E-state index contributed by atoms with van der Waals surface area (Å²) in [7, 11) is 0. The van der Waals surface area contributed by atoms with Crippen LogP contribution in [0.25, 0.3) is 0 Å². The lowest BCUT2D eigenvalue weighted by Crippen LogP contribution is -2.28. The molecule has 1 atom stereocenters. The van der Waals surface area contributed by atoms with E-state index in [1.165, 1.54) is 41.3 Å². The largest absolute Gasteiger partial charge is 0.349 e. The molecular formula is C26H33N5OS. The molecule has 1 fully saturated rings. The quantitative estimate of drug-likeness (QED) is 0.473. The molecule has 2 heterocycles. The topological polar surface area (TPSA) is 63.1 Å². The molecule has 6 nitrogen and oxygen atoms in total. The molecule has 1 aliphatic rings. The summed E-state index contributed by atoms with van der Waals surface area (Å²) >= 11 is 1.45. The van der Waals surface area contributed by atoms with Gasteiger partial charge < -0.3 is 9.88 Å². The molecule has 174 valence electrons.